The summed E-state index contributed by atoms with van der Waals surface area (Å²) in [6.07, 6.45) is 1.75. The molecule has 8 heteroatoms. The lowest BCUT2D eigenvalue weighted by molar-refractivity contribution is 0.538. The van der Waals surface area contributed by atoms with E-state index in [-0.39, 0.29) is 12.3 Å². The number of hydrogen-bond acceptors (Lipinski definition) is 5. The Balaban J connectivity index is 2.01. The predicted octanol–water partition coefficient (Wildman–Crippen LogP) is 1.07. The maximum Gasteiger partial charge on any atom is 0.179 e. The zero-order chi connectivity index (χ0) is 13.9. The number of nitrogens with zero attached hydrogens (tertiary/aromatic N) is 4. The van der Waals surface area contributed by atoms with E-state index in [1.807, 2.05) is 24.3 Å². The van der Waals surface area contributed by atoms with Crippen molar-refractivity contribution < 1.29 is 8.42 Å². The summed E-state index contributed by atoms with van der Waals surface area (Å²) in [5.74, 6) is 0.589. The van der Waals surface area contributed by atoms with E-state index >= 15 is 0 Å². The van der Waals surface area contributed by atoms with Crippen LogP contribution in [0.1, 0.15) is 11.4 Å². The molecule has 0 saturated heterocycles. The molecule has 0 aliphatic rings. The van der Waals surface area contributed by atoms with Gasteiger partial charge in [-0.1, -0.05) is 28.1 Å². The van der Waals surface area contributed by atoms with Crippen molar-refractivity contribution >= 4 is 25.8 Å². The lowest BCUT2D eigenvalue weighted by Gasteiger charge is -1.98. The second-order valence-electron chi connectivity index (χ2n) is 4.24. The lowest BCUT2D eigenvalue weighted by Crippen LogP contribution is -2.13. The molecule has 2 aromatic rings. The van der Waals surface area contributed by atoms with Crippen molar-refractivity contribution in [1.82, 2.24) is 20.2 Å². The van der Waals surface area contributed by atoms with Crippen LogP contribution in [-0.4, -0.2) is 40.6 Å². The van der Waals surface area contributed by atoms with E-state index in [2.05, 4.69) is 31.3 Å². The fourth-order valence-electron chi connectivity index (χ4n) is 1.52. The van der Waals surface area contributed by atoms with Gasteiger partial charge < -0.3 is 0 Å². The van der Waals surface area contributed by atoms with Crippen molar-refractivity contribution in [2.24, 2.45) is 0 Å². The molecule has 0 spiro atoms. The second kappa shape index (κ2) is 5.79. The maximum atomic E-state index is 11.0. The first kappa shape index (κ1) is 14.1. The highest BCUT2D eigenvalue weighted by Gasteiger charge is 2.07. The van der Waals surface area contributed by atoms with Crippen molar-refractivity contribution in [2.75, 3.05) is 12.0 Å². The van der Waals surface area contributed by atoms with Crippen LogP contribution < -0.4 is 0 Å². The maximum absolute atomic E-state index is 11.0. The quantitative estimate of drug-likeness (QED) is 0.810. The molecule has 0 aliphatic carbocycles. The fourth-order valence-corrected chi connectivity index (χ4v) is 2.46. The normalized spacial score (nSPS) is 11.7. The van der Waals surface area contributed by atoms with Crippen molar-refractivity contribution in [3.8, 4) is 0 Å². The average Bonchev–Trinajstić information content (AvgIpc) is 2.73. The van der Waals surface area contributed by atoms with Gasteiger partial charge in [-0.25, -0.2) is 8.42 Å². The lowest BCUT2D eigenvalue weighted by atomic mass is 10.1. The van der Waals surface area contributed by atoms with Crippen LogP contribution >= 0.6 is 15.9 Å². The standard InChI is InChI=1S/C11H13BrN4O2S/c1-19(17,18)6-5-16-14-11(13-15-16)8-9-3-2-4-10(12)7-9/h2-4,7H,5-6,8H2,1H3. The van der Waals surface area contributed by atoms with Crippen LogP contribution in [0, 0.1) is 0 Å². The van der Waals surface area contributed by atoms with Crippen molar-refractivity contribution in [1.29, 1.82) is 0 Å². The third-order valence-electron chi connectivity index (χ3n) is 2.41. The molecule has 19 heavy (non-hydrogen) atoms. The highest BCUT2D eigenvalue weighted by atomic mass is 79.9. The van der Waals surface area contributed by atoms with Crippen LogP contribution in [0.15, 0.2) is 28.7 Å². The first-order valence-corrected chi connectivity index (χ1v) is 8.46. The molecule has 0 saturated carbocycles. The van der Waals surface area contributed by atoms with Crippen LogP contribution in [-0.2, 0) is 22.8 Å². The van der Waals surface area contributed by atoms with Gasteiger partial charge in [-0.15, -0.1) is 10.2 Å². The van der Waals surface area contributed by atoms with Gasteiger partial charge >= 0.3 is 0 Å². The molecular formula is C11H13BrN4O2S. The van der Waals surface area contributed by atoms with Gasteiger partial charge in [0.2, 0.25) is 0 Å². The van der Waals surface area contributed by atoms with Crippen molar-refractivity contribution in [2.45, 2.75) is 13.0 Å². The number of benzene rings is 1. The summed E-state index contributed by atoms with van der Waals surface area (Å²) in [6.45, 7) is 0.227. The summed E-state index contributed by atoms with van der Waals surface area (Å²) in [7, 11) is -3.01. The van der Waals surface area contributed by atoms with Gasteiger partial charge in [-0.3, -0.25) is 0 Å². The molecule has 0 N–H and O–H groups in total. The van der Waals surface area contributed by atoms with E-state index in [1.54, 1.807) is 0 Å². The first-order valence-electron chi connectivity index (χ1n) is 5.61. The topological polar surface area (TPSA) is 77.7 Å². The predicted molar refractivity (Wildman–Crippen MR) is 74.5 cm³/mol. The van der Waals surface area contributed by atoms with Gasteiger partial charge in [0, 0.05) is 17.1 Å². The summed E-state index contributed by atoms with van der Waals surface area (Å²) in [6, 6.07) is 7.84. The largest absolute Gasteiger partial charge is 0.229 e. The third kappa shape index (κ3) is 4.71. The van der Waals surface area contributed by atoms with Gasteiger partial charge in [0.15, 0.2) is 5.82 Å². The number of aryl methyl sites for hydroxylation is 1. The van der Waals surface area contributed by atoms with E-state index in [9.17, 15) is 8.42 Å². The number of tetrazole rings is 1. The number of halogens is 1. The Morgan fingerprint density at radius 3 is 2.84 bits per heavy atom. The fraction of sp³-hybridized carbons (Fsp3) is 0.364. The first-order chi connectivity index (χ1) is 8.92. The minimum Gasteiger partial charge on any atom is -0.229 e. The number of rotatable bonds is 5. The molecule has 0 radical (unpaired) electrons. The molecule has 0 atom stereocenters. The molecule has 0 amide bonds. The highest BCUT2D eigenvalue weighted by Crippen LogP contribution is 2.13. The molecule has 1 heterocycles. The summed E-state index contributed by atoms with van der Waals surface area (Å²) >= 11 is 3.40. The van der Waals surface area contributed by atoms with Crippen LogP contribution in [0.2, 0.25) is 0 Å². The van der Waals surface area contributed by atoms with Crippen molar-refractivity contribution in [3.63, 3.8) is 0 Å². The van der Waals surface area contributed by atoms with E-state index in [0.717, 1.165) is 10.0 Å². The number of aromatic nitrogens is 4. The van der Waals surface area contributed by atoms with E-state index in [4.69, 9.17) is 0 Å². The van der Waals surface area contributed by atoms with Gasteiger partial charge in [-0.2, -0.15) is 4.80 Å². The van der Waals surface area contributed by atoms with Gasteiger partial charge in [-0.05, 0) is 22.9 Å². The monoisotopic (exact) mass is 344 g/mol. The second-order valence-corrected chi connectivity index (χ2v) is 7.41. The Bertz CT molecular complexity index is 669. The Morgan fingerprint density at radius 2 is 2.16 bits per heavy atom. The number of hydrogen-bond donors (Lipinski definition) is 0. The van der Waals surface area contributed by atoms with Crippen LogP contribution in [0.4, 0.5) is 0 Å². The Hall–Kier alpha value is -1.28. The minimum absolute atomic E-state index is 0.0136. The molecule has 0 aliphatic heterocycles. The molecule has 102 valence electrons. The van der Waals surface area contributed by atoms with Gasteiger partial charge in [0.1, 0.15) is 9.84 Å². The zero-order valence-electron chi connectivity index (χ0n) is 10.3. The Labute approximate surface area is 119 Å². The molecule has 1 aromatic heterocycles. The Morgan fingerprint density at radius 1 is 1.37 bits per heavy atom. The summed E-state index contributed by atoms with van der Waals surface area (Å²) in [4.78, 5) is 1.31. The molecule has 2 rings (SSSR count). The van der Waals surface area contributed by atoms with Gasteiger partial charge in [0.25, 0.3) is 0 Å². The molecule has 0 bridgehead atoms. The molecule has 0 unspecified atom stereocenters. The number of sulfone groups is 1. The summed E-state index contributed by atoms with van der Waals surface area (Å²) in [5.41, 5.74) is 1.07. The summed E-state index contributed by atoms with van der Waals surface area (Å²) < 4.78 is 23.1. The SMILES string of the molecule is CS(=O)(=O)CCn1nnc(Cc2cccc(Br)c2)n1. The highest BCUT2D eigenvalue weighted by molar-refractivity contribution is 9.10. The molecule has 6 nitrogen and oxygen atoms in total. The molecule has 0 fully saturated rings. The minimum atomic E-state index is -3.01. The van der Waals surface area contributed by atoms with Crippen LogP contribution in [0.3, 0.4) is 0 Å². The average molecular weight is 345 g/mol. The van der Waals surface area contributed by atoms with Crippen molar-refractivity contribution in [3.05, 3.63) is 40.1 Å². The van der Waals surface area contributed by atoms with E-state index < -0.39 is 9.84 Å². The van der Waals surface area contributed by atoms with E-state index in [0.29, 0.717) is 12.2 Å². The van der Waals surface area contributed by atoms with Crippen LogP contribution in [0.5, 0.6) is 0 Å². The molecule has 1 aromatic carbocycles. The smallest absolute Gasteiger partial charge is 0.179 e. The zero-order valence-corrected chi connectivity index (χ0v) is 12.7. The van der Waals surface area contributed by atoms with Crippen LogP contribution in [0.25, 0.3) is 0 Å². The van der Waals surface area contributed by atoms with E-state index in [1.165, 1.54) is 11.1 Å². The van der Waals surface area contributed by atoms with Gasteiger partial charge in [0.05, 0.1) is 12.3 Å². The molecular weight excluding hydrogens is 332 g/mol. The third-order valence-corrected chi connectivity index (χ3v) is 3.83. The Kier molecular flexibility index (Phi) is 4.31. The summed E-state index contributed by atoms with van der Waals surface area (Å²) in [5, 5.41) is 11.9.